The van der Waals surface area contributed by atoms with Gasteiger partial charge in [-0.25, -0.2) is 0 Å². The number of unbranched alkanes of at least 4 members (excludes halogenated alkanes) is 2. The monoisotopic (exact) mass is 284 g/mol. The van der Waals surface area contributed by atoms with Gasteiger partial charge in [0.1, 0.15) is 0 Å². The zero-order valence-electron chi connectivity index (χ0n) is 13.3. The molecule has 1 aliphatic carbocycles. The molecule has 0 radical (unpaired) electrons. The van der Waals surface area contributed by atoms with Crippen LogP contribution in [-0.4, -0.2) is 10.2 Å². The lowest BCUT2D eigenvalue weighted by molar-refractivity contribution is 0.794. The number of hydrogen-bond acceptors (Lipinski definition) is 0. The van der Waals surface area contributed by atoms with Gasteiger partial charge >= 0.3 is 0 Å². The van der Waals surface area contributed by atoms with Crippen molar-refractivity contribution < 1.29 is 0 Å². The van der Waals surface area contributed by atoms with Crippen LogP contribution in [0.5, 0.6) is 0 Å². The van der Waals surface area contributed by atoms with E-state index in [1.165, 1.54) is 71.9 Å². The van der Waals surface area contributed by atoms with E-state index in [2.05, 4.69) is 44.2 Å². The van der Waals surface area contributed by atoms with Crippen LogP contribution in [0, 0.1) is 0 Å². The molecule has 0 amide bonds. The Bertz CT molecular complexity index is 491. The maximum Gasteiger partial charge on any atom is 0.0341 e. The molecule has 1 aromatic rings. The first-order valence-electron chi connectivity index (χ1n) is 8.24. The SMILES string of the molecule is CCCCC1=C([SiH3])CC=C1c1ccc(CCCC)cc1. The Balaban J connectivity index is 2.11. The quantitative estimate of drug-likeness (QED) is 0.641. The Morgan fingerprint density at radius 1 is 0.950 bits per heavy atom. The van der Waals surface area contributed by atoms with Crippen LogP contribution in [0.4, 0.5) is 0 Å². The second kappa shape index (κ2) is 7.63. The Morgan fingerprint density at radius 2 is 1.60 bits per heavy atom. The highest BCUT2D eigenvalue weighted by Crippen LogP contribution is 2.35. The molecule has 0 unspecified atom stereocenters. The van der Waals surface area contributed by atoms with Crippen molar-refractivity contribution in [3.63, 3.8) is 0 Å². The summed E-state index contributed by atoms with van der Waals surface area (Å²) in [7, 11) is 1.22. The average molecular weight is 285 g/mol. The van der Waals surface area contributed by atoms with Crippen molar-refractivity contribution in [2.75, 3.05) is 0 Å². The maximum absolute atomic E-state index is 2.45. The molecule has 0 aromatic heterocycles. The van der Waals surface area contributed by atoms with Crippen LogP contribution in [0.2, 0.25) is 0 Å². The molecule has 108 valence electrons. The number of rotatable bonds is 7. The van der Waals surface area contributed by atoms with Gasteiger partial charge in [0.25, 0.3) is 0 Å². The summed E-state index contributed by atoms with van der Waals surface area (Å²) < 4.78 is 0. The summed E-state index contributed by atoms with van der Waals surface area (Å²) in [6, 6.07) is 9.33. The van der Waals surface area contributed by atoms with E-state index < -0.39 is 0 Å². The van der Waals surface area contributed by atoms with Crippen LogP contribution in [0.25, 0.3) is 5.57 Å². The van der Waals surface area contributed by atoms with E-state index in [-0.39, 0.29) is 0 Å². The molecule has 0 fully saturated rings. The van der Waals surface area contributed by atoms with Gasteiger partial charge in [-0.05, 0) is 54.4 Å². The normalized spacial score (nSPS) is 15.0. The minimum Gasteiger partial charge on any atom is -0.0843 e. The Morgan fingerprint density at radius 3 is 2.25 bits per heavy atom. The molecule has 0 saturated carbocycles. The lowest BCUT2D eigenvalue weighted by Crippen LogP contribution is -1.92. The lowest BCUT2D eigenvalue weighted by atomic mass is 9.95. The van der Waals surface area contributed by atoms with Crippen molar-refractivity contribution >= 4 is 15.8 Å². The second-order valence-electron chi connectivity index (χ2n) is 5.98. The molecule has 0 N–H and O–H groups in total. The van der Waals surface area contributed by atoms with Crippen molar-refractivity contribution in [3.8, 4) is 0 Å². The molecule has 0 heterocycles. The van der Waals surface area contributed by atoms with Crippen molar-refractivity contribution in [1.82, 2.24) is 0 Å². The van der Waals surface area contributed by atoms with Gasteiger partial charge in [-0.3, -0.25) is 0 Å². The molecule has 0 bridgehead atoms. The molecule has 0 aliphatic heterocycles. The number of hydrogen-bond donors (Lipinski definition) is 0. The van der Waals surface area contributed by atoms with Gasteiger partial charge in [0.15, 0.2) is 0 Å². The first-order chi connectivity index (χ1) is 9.76. The predicted molar refractivity (Wildman–Crippen MR) is 94.1 cm³/mol. The van der Waals surface area contributed by atoms with Gasteiger partial charge in [0, 0.05) is 10.2 Å². The lowest BCUT2D eigenvalue weighted by Gasteiger charge is -2.11. The van der Waals surface area contributed by atoms with Crippen molar-refractivity contribution in [2.24, 2.45) is 0 Å². The first-order valence-corrected chi connectivity index (χ1v) is 9.24. The van der Waals surface area contributed by atoms with Crippen molar-refractivity contribution in [1.29, 1.82) is 0 Å². The third-order valence-corrected chi connectivity index (χ3v) is 5.33. The van der Waals surface area contributed by atoms with Crippen molar-refractivity contribution in [2.45, 2.75) is 58.8 Å². The van der Waals surface area contributed by atoms with Crippen LogP contribution in [0.3, 0.4) is 0 Å². The predicted octanol–water partition coefficient (Wildman–Crippen LogP) is 4.63. The Labute approximate surface area is 127 Å². The molecule has 1 aliphatic rings. The largest absolute Gasteiger partial charge is 0.0843 e. The molecule has 0 nitrogen and oxygen atoms in total. The standard InChI is InChI=1S/C19H28Si/c1-3-5-7-15-9-11-16(12-10-15)17-13-14-19(20)18(17)8-6-4-2/h9-13H,3-8,14H2,1-2,20H3. The summed E-state index contributed by atoms with van der Waals surface area (Å²) in [6.45, 7) is 4.55. The van der Waals surface area contributed by atoms with Gasteiger partial charge in [-0.15, -0.1) is 0 Å². The highest BCUT2D eigenvalue weighted by Gasteiger charge is 2.15. The van der Waals surface area contributed by atoms with Crippen LogP contribution in [0.15, 0.2) is 41.1 Å². The van der Waals surface area contributed by atoms with Gasteiger partial charge in [0.2, 0.25) is 0 Å². The zero-order valence-corrected chi connectivity index (χ0v) is 15.3. The number of allylic oxidation sites excluding steroid dienone is 4. The van der Waals surface area contributed by atoms with Crippen molar-refractivity contribution in [3.05, 3.63) is 52.2 Å². The third-order valence-electron chi connectivity index (χ3n) is 4.32. The Kier molecular flexibility index (Phi) is 5.84. The number of benzene rings is 1. The van der Waals surface area contributed by atoms with Gasteiger partial charge < -0.3 is 0 Å². The minimum atomic E-state index is 1.21. The van der Waals surface area contributed by atoms with Gasteiger partial charge in [-0.1, -0.05) is 62.2 Å². The molecule has 0 spiro atoms. The molecule has 1 aromatic carbocycles. The van der Waals surface area contributed by atoms with Crippen LogP contribution < -0.4 is 0 Å². The summed E-state index contributed by atoms with van der Waals surface area (Å²) in [5.41, 5.74) is 6.12. The van der Waals surface area contributed by atoms with E-state index >= 15 is 0 Å². The summed E-state index contributed by atoms with van der Waals surface area (Å²) in [6.07, 6.45) is 11.4. The molecule has 20 heavy (non-hydrogen) atoms. The second-order valence-corrected chi connectivity index (χ2v) is 7.19. The summed E-state index contributed by atoms with van der Waals surface area (Å²) >= 11 is 0. The van der Waals surface area contributed by atoms with Gasteiger partial charge in [0.05, 0.1) is 0 Å². The van der Waals surface area contributed by atoms with E-state index in [1.807, 2.05) is 0 Å². The topological polar surface area (TPSA) is 0 Å². The van der Waals surface area contributed by atoms with Crippen LogP contribution in [0.1, 0.15) is 63.5 Å². The smallest absolute Gasteiger partial charge is 0.0341 e. The molecule has 1 heteroatoms. The average Bonchev–Trinajstić information content (AvgIpc) is 2.84. The molecule has 2 rings (SSSR count). The molecular weight excluding hydrogens is 256 g/mol. The molecule has 0 saturated heterocycles. The summed E-state index contributed by atoms with van der Waals surface area (Å²) in [4.78, 5) is 0. The Hall–Kier alpha value is -1.08. The van der Waals surface area contributed by atoms with Gasteiger partial charge in [-0.2, -0.15) is 0 Å². The van der Waals surface area contributed by atoms with E-state index in [0.29, 0.717) is 0 Å². The number of aryl methyl sites for hydroxylation is 1. The maximum atomic E-state index is 2.45. The molecular formula is C19H28Si. The minimum absolute atomic E-state index is 1.21. The van der Waals surface area contributed by atoms with E-state index in [9.17, 15) is 0 Å². The van der Waals surface area contributed by atoms with Crippen LogP contribution in [-0.2, 0) is 6.42 Å². The van der Waals surface area contributed by atoms with Crippen LogP contribution >= 0.6 is 0 Å². The third kappa shape index (κ3) is 3.73. The summed E-state index contributed by atoms with van der Waals surface area (Å²) in [5, 5.41) is 1.71. The summed E-state index contributed by atoms with van der Waals surface area (Å²) in [5.74, 6) is 0. The first kappa shape index (κ1) is 15.3. The van der Waals surface area contributed by atoms with E-state index in [4.69, 9.17) is 0 Å². The van der Waals surface area contributed by atoms with E-state index in [0.717, 1.165) is 0 Å². The van der Waals surface area contributed by atoms with E-state index in [1.54, 1.807) is 10.8 Å². The highest BCUT2D eigenvalue weighted by atomic mass is 28.1. The fourth-order valence-electron chi connectivity index (χ4n) is 2.96. The molecule has 0 atom stereocenters. The zero-order chi connectivity index (χ0) is 14.4. The fraction of sp³-hybridized carbons (Fsp3) is 0.474. The fourth-order valence-corrected chi connectivity index (χ4v) is 3.68. The highest BCUT2D eigenvalue weighted by molar-refractivity contribution is 6.24.